The zero-order chi connectivity index (χ0) is 14.7. The van der Waals surface area contributed by atoms with Crippen molar-refractivity contribution < 1.29 is 5.11 Å². The Morgan fingerprint density at radius 2 is 1.67 bits per heavy atom. The molecule has 1 saturated heterocycles. The number of piperazine rings is 1. The third-order valence-electron chi connectivity index (χ3n) is 3.86. The van der Waals surface area contributed by atoms with Crippen molar-refractivity contribution in [1.82, 2.24) is 4.98 Å². The maximum absolute atomic E-state index is 9.42. The van der Waals surface area contributed by atoms with Gasteiger partial charge in [0.1, 0.15) is 0 Å². The quantitative estimate of drug-likeness (QED) is 0.946. The number of hydrogen-bond acceptors (Lipinski definition) is 4. The fraction of sp³-hybridized carbons (Fsp3) is 0.312. The molecule has 4 nitrogen and oxygen atoms in total. The van der Waals surface area contributed by atoms with Crippen molar-refractivity contribution in [2.24, 2.45) is 0 Å². The smallest absolute Gasteiger partial charge is 0.0717 e. The molecular weight excluding hydrogens is 286 g/mol. The van der Waals surface area contributed by atoms with Gasteiger partial charge in [-0.25, -0.2) is 0 Å². The van der Waals surface area contributed by atoms with Crippen LogP contribution >= 0.6 is 11.6 Å². The van der Waals surface area contributed by atoms with Gasteiger partial charge < -0.3 is 14.9 Å². The van der Waals surface area contributed by atoms with Crippen LogP contribution < -0.4 is 9.80 Å². The lowest BCUT2D eigenvalue weighted by Crippen LogP contribution is -2.47. The van der Waals surface area contributed by atoms with Crippen LogP contribution in [0, 0.1) is 0 Å². The van der Waals surface area contributed by atoms with E-state index in [-0.39, 0.29) is 6.61 Å². The number of aliphatic hydroxyl groups excluding tert-OH is 1. The molecule has 1 aliphatic heterocycles. The molecule has 1 N–H and O–H groups in total. The maximum Gasteiger partial charge on any atom is 0.0717 e. The van der Waals surface area contributed by atoms with Crippen LogP contribution in [0.4, 0.5) is 11.4 Å². The third kappa shape index (κ3) is 2.96. The minimum atomic E-state index is 0.0217. The van der Waals surface area contributed by atoms with E-state index < -0.39 is 0 Å². The Kier molecular flexibility index (Phi) is 4.27. The summed E-state index contributed by atoms with van der Waals surface area (Å²) in [6, 6.07) is 9.92. The highest BCUT2D eigenvalue weighted by Crippen LogP contribution is 2.28. The molecule has 0 radical (unpaired) electrons. The second-order valence-corrected chi connectivity index (χ2v) is 5.50. The van der Waals surface area contributed by atoms with E-state index in [1.54, 1.807) is 12.4 Å². The van der Waals surface area contributed by atoms with E-state index >= 15 is 0 Å². The Morgan fingerprint density at radius 1 is 1.00 bits per heavy atom. The molecule has 0 atom stereocenters. The summed E-state index contributed by atoms with van der Waals surface area (Å²) in [5, 5.41) is 10.2. The first-order valence-corrected chi connectivity index (χ1v) is 7.45. The number of pyridine rings is 1. The summed E-state index contributed by atoms with van der Waals surface area (Å²) in [6.07, 6.45) is 3.50. The lowest BCUT2D eigenvalue weighted by molar-refractivity contribution is 0.281. The van der Waals surface area contributed by atoms with E-state index in [2.05, 4.69) is 20.9 Å². The van der Waals surface area contributed by atoms with Gasteiger partial charge in [-0.3, -0.25) is 4.98 Å². The highest BCUT2D eigenvalue weighted by atomic mass is 35.5. The Hall–Kier alpha value is -1.78. The van der Waals surface area contributed by atoms with Crippen molar-refractivity contribution >= 4 is 23.0 Å². The van der Waals surface area contributed by atoms with Gasteiger partial charge in [-0.15, -0.1) is 0 Å². The van der Waals surface area contributed by atoms with Gasteiger partial charge in [0.05, 0.1) is 17.3 Å². The number of hydrogen-bond donors (Lipinski definition) is 1. The summed E-state index contributed by atoms with van der Waals surface area (Å²) in [7, 11) is 0. The van der Waals surface area contributed by atoms with Crippen LogP contribution in [0.5, 0.6) is 0 Å². The average molecular weight is 304 g/mol. The molecule has 0 amide bonds. The van der Waals surface area contributed by atoms with Crippen molar-refractivity contribution in [2.75, 3.05) is 36.0 Å². The second-order valence-electron chi connectivity index (χ2n) is 5.09. The molecule has 1 aromatic carbocycles. The molecule has 0 spiro atoms. The lowest BCUT2D eigenvalue weighted by atomic mass is 10.2. The van der Waals surface area contributed by atoms with Crippen molar-refractivity contribution in [3.63, 3.8) is 0 Å². The molecular formula is C16H18ClN3O. The number of aromatic nitrogens is 1. The van der Waals surface area contributed by atoms with Gasteiger partial charge in [-0.05, 0) is 18.2 Å². The van der Waals surface area contributed by atoms with Crippen LogP contribution in [-0.4, -0.2) is 36.3 Å². The second kappa shape index (κ2) is 6.33. The van der Waals surface area contributed by atoms with Gasteiger partial charge in [-0.1, -0.05) is 23.7 Å². The molecule has 0 saturated carbocycles. The number of aliphatic hydroxyl groups is 1. The third-order valence-corrected chi connectivity index (χ3v) is 4.18. The van der Waals surface area contributed by atoms with Crippen LogP contribution in [0.1, 0.15) is 5.56 Å². The molecule has 1 aliphatic rings. The van der Waals surface area contributed by atoms with Crippen LogP contribution in [0.25, 0.3) is 0 Å². The van der Waals surface area contributed by atoms with Gasteiger partial charge in [0.15, 0.2) is 0 Å². The Bertz CT molecular complexity index is 612. The van der Waals surface area contributed by atoms with Crippen LogP contribution in [0.3, 0.4) is 0 Å². The SMILES string of the molecule is OCc1cnccc1N1CCN(c2ccccc2Cl)CC1. The molecule has 0 bridgehead atoms. The summed E-state index contributed by atoms with van der Waals surface area (Å²) in [4.78, 5) is 8.67. The number of rotatable bonds is 3. The highest BCUT2D eigenvalue weighted by molar-refractivity contribution is 6.33. The van der Waals surface area contributed by atoms with Gasteiger partial charge in [0.25, 0.3) is 0 Å². The molecule has 110 valence electrons. The lowest BCUT2D eigenvalue weighted by Gasteiger charge is -2.38. The molecule has 1 fully saturated rings. The molecule has 1 aromatic heterocycles. The zero-order valence-electron chi connectivity index (χ0n) is 11.7. The fourth-order valence-corrected chi connectivity index (χ4v) is 3.00. The van der Waals surface area contributed by atoms with E-state index in [9.17, 15) is 5.11 Å². The molecule has 0 unspecified atom stereocenters. The van der Waals surface area contributed by atoms with Gasteiger partial charge in [0.2, 0.25) is 0 Å². The molecule has 2 aromatic rings. The number of para-hydroxylation sites is 1. The van der Waals surface area contributed by atoms with Crippen molar-refractivity contribution in [2.45, 2.75) is 6.61 Å². The first-order chi connectivity index (χ1) is 10.3. The van der Waals surface area contributed by atoms with Gasteiger partial charge in [-0.2, -0.15) is 0 Å². The molecule has 3 rings (SSSR count). The average Bonchev–Trinajstić information content (AvgIpc) is 2.55. The summed E-state index contributed by atoms with van der Waals surface area (Å²) >= 11 is 6.26. The first kappa shape index (κ1) is 14.2. The largest absolute Gasteiger partial charge is 0.392 e. The summed E-state index contributed by atoms with van der Waals surface area (Å²) < 4.78 is 0. The van der Waals surface area contributed by atoms with E-state index in [0.717, 1.165) is 48.1 Å². The molecule has 0 aliphatic carbocycles. The monoisotopic (exact) mass is 303 g/mol. The van der Waals surface area contributed by atoms with Gasteiger partial charge in [0, 0.05) is 49.8 Å². The predicted molar refractivity (Wildman–Crippen MR) is 86.0 cm³/mol. The van der Waals surface area contributed by atoms with Crippen molar-refractivity contribution in [3.05, 3.63) is 53.3 Å². The van der Waals surface area contributed by atoms with Crippen molar-refractivity contribution in [3.8, 4) is 0 Å². The first-order valence-electron chi connectivity index (χ1n) is 7.08. The number of benzene rings is 1. The van der Waals surface area contributed by atoms with E-state index in [1.807, 2.05) is 24.3 Å². The molecule has 5 heteroatoms. The van der Waals surface area contributed by atoms with Crippen LogP contribution in [0.2, 0.25) is 5.02 Å². The normalized spacial score (nSPS) is 15.3. The topological polar surface area (TPSA) is 39.6 Å². The van der Waals surface area contributed by atoms with Gasteiger partial charge >= 0.3 is 0 Å². The van der Waals surface area contributed by atoms with E-state index in [0.29, 0.717) is 0 Å². The molecule has 21 heavy (non-hydrogen) atoms. The summed E-state index contributed by atoms with van der Waals surface area (Å²) in [5.74, 6) is 0. The number of anilines is 2. The summed E-state index contributed by atoms with van der Waals surface area (Å²) in [6.45, 7) is 3.66. The minimum Gasteiger partial charge on any atom is -0.392 e. The van der Waals surface area contributed by atoms with Crippen LogP contribution in [0.15, 0.2) is 42.7 Å². The maximum atomic E-state index is 9.42. The summed E-state index contributed by atoms with van der Waals surface area (Å²) in [5.41, 5.74) is 3.05. The molecule has 2 heterocycles. The zero-order valence-corrected chi connectivity index (χ0v) is 12.5. The fourth-order valence-electron chi connectivity index (χ4n) is 2.75. The van der Waals surface area contributed by atoms with Crippen LogP contribution in [-0.2, 0) is 6.61 Å². The standard InChI is InChI=1S/C16H18ClN3O/c17-14-3-1-2-4-16(14)20-9-7-19(8-10-20)15-5-6-18-11-13(15)12-21/h1-6,11,21H,7-10,12H2. The Labute approximate surface area is 129 Å². The minimum absolute atomic E-state index is 0.0217. The Balaban J connectivity index is 1.72. The Morgan fingerprint density at radius 3 is 2.33 bits per heavy atom. The highest BCUT2D eigenvalue weighted by Gasteiger charge is 2.20. The number of nitrogens with zero attached hydrogens (tertiary/aromatic N) is 3. The van der Waals surface area contributed by atoms with Crippen molar-refractivity contribution in [1.29, 1.82) is 0 Å². The predicted octanol–water partition coefficient (Wildman–Crippen LogP) is 2.55. The van der Waals surface area contributed by atoms with E-state index in [1.165, 1.54) is 0 Å². The number of halogens is 1. The van der Waals surface area contributed by atoms with E-state index in [4.69, 9.17) is 11.6 Å².